The molecular weight excluding hydrogens is 185 g/mol. The van der Waals surface area contributed by atoms with Crippen LogP contribution in [0.4, 0.5) is 13.2 Å². The molecule has 0 heterocycles. The lowest BCUT2D eigenvalue weighted by Crippen LogP contribution is -2.59. The molecule has 3 nitrogen and oxygen atoms in total. The van der Waals surface area contributed by atoms with Gasteiger partial charge in [0.1, 0.15) is 6.17 Å². The van der Waals surface area contributed by atoms with Crippen molar-refractivity contribution >= 4 is 10.1 Å². The maximum absolute atomic E-state index is 12.6. The molecule has 1 N–H and O–H groups in total. The molecule has 3 atom stereocenters. The van der Waals surface area contributed by atoms with Gasteiger partial charge in [-0.2, -0.15) is 8.42 Å². The molecule has 1 saturated carbocycles. The van der Waals surface area contributed by atoms with Crippen molar-refractivity contribution in [3.8, 4) is 0 Å². The van der Waals surface area contributed by atoms with Crippen LogP contribution in [0.25, 0.3) is 0 Å². The van der Waals surface area contributed by atoms with E-state index in [0.29, 0.717) is 0 Å². The second-order valence-electron chi connectivity index (χ2n) is 2.38. The predicted molar refractivity (Wildman–Crippen MR) is 29.8 cm³/mol. The molecule has 0 aromatic carbocycles. The standard InChI is InChI=1S/C4H5F3O3S/c5-2-1-4(7,3(2)6)11(8,9)10/h2-3H,1H2,(H,8,9,10). The maximum Gasteiger partial charge on any atom is 0.303 e. The van der Waals surface area contributed by atoms with Crippen molar-refractivity contribution < 1.29 is 26.1 Å². The van der Waals surface area contributed by atoms with Gasteiger partial charge in [0.25, 0.3) is 5.00 Å². The highest BCUT2D eigenvalue weighted by Gasteiger charge is 2.65. The van der Waals surface area contributed by atoms with Gasteiger partial charge in [-0.25, -0.2) is 13.2 Å². The number of rotatable bonds is 1. The summed E-state index contributed by atoms with van der Waals surface area (Å²) in [6.45, 7) is 0. The number of halogens is 3. The molecule has 7 heteroatoms. The monoisotopic (exact) mass is 190 g/mol. The Hall–Kier alpha value is -0.300. The molecule has 1 aliphatic carbocycles. The van der Waals surface area contributed by atoms with Crippen LogP contribution in [0.1, 0.15) is 6.42 Å². The maximum atomic E-state index is 12.6. The summed E-state index contributed by atoms with van der Waals surface area (Å²) in [7, 11) is -5.13. The van der Waals surface area contributed by atoms with E-state index in [1.165, 1.54) is 0 Å². The average molecular weight is 190 g/mol. The minimum Gasteiger partial charge on any atom is -0.283 e. The Labute approximate surface area is 61.0 Å². The molecule has 0 bridgehead atoms. The third kappa shape index (κ3) is 1.02. The number of alkyl halides is 3. The second-order valence-corrected chi connectivity index (χ2v) is 4.01. The minimum absolute atomic E-state index is 1.13. The van der Waals surface area contributed by atoms with Gasteiger partial charge in [0.15, 0.2) is 6.17 Å². The molecule has 1 aliphatic rings. The van der Waals surface area contributed by atoms with Gasteiger partial charge < -0.3 is 0 Å². The summed E-state index contributed by atoms with van der Waals surface area (Å²) in [5.41, 5.74) is 0. The Morgan fingerprint density at radius 1 is 1.45 bits per heavy atom. The molecule has 0 spiro atoms. The van der Waals surface area contributed by atoms with Gasteiger partial charge in [-0.05, 0) is 0 Å². The molecule has 1 rings (SSSR count). The van der Waals surface area contributed by atoms with Gasteiger partial charge in [0.05, 0.1) is 0 Å². The van der Waals surface area contributed by atoms with E-state index in [0.717, 1.165) is 0 Å². The first kappa shape index (κ1) is 8.79. The van der Waals surface area contributed by atoms with Gasteiger partial charge in [0, 0.05) is 6.42 Å². The summed E-state index contributed by atoms with van der Waals surface area (Å²) in [6.07, 6.45) is -6.04. The van der Waals surface area contributed by atoms with E-state index in [9.17, 15) is 21.6 Å². The molecular formula is C4H5F3O3S. The zero-order chi connectivity index (χ0) is 8.86. The molecule has 0 aliphatic heterocycles. The molecule has 66 valence electrons. The van der Waals surface area contributed by atoms with Crippen LogP contribution in [-0.2, 0) is 10.1 Å². The first-order chi connectivity index (χ1) is 4.79. The van der Waals surface area contributed by atoms with Crippen molar-refractivity contribution in [2.45, 2.75) is 23.8 Å². The van der Waals surface area contributed by atoms with Crippen molar-refractivity contribution in [2.75, 3.05) is 0 Å². The zero-order valence-corrected chi connectivity index (χ0v) is 5.98. The quantitative estimate of drug-likeness (QED) is 0.616. The summed E-state index contributed by atoms with van der Waals surface area (Å²) in [5.74, 6) is 0. The number of hydrogen-bond donors (Lipinski definition) is 1. The largest absolute Gasteiger partial charge is 0.303 e. The average Bonchev–Trinajstić information content (AvgIpc) is 1.85. The first-order valence-corrected chi connectivity index (χ1v) is 4.17. The van der Waals surface area contributed by atoms with Gasteiger partial charge in [-0.15, -0.1) is 0 Å². The first-order valence-electron chi connectivity index (χ1n) is 2.73. The molecule has 0 aromatic rings. The third-order valence-corrected chi connectivity index (χ3v) is 2.88. The Morgan fingerprint density at radius 2 is 1.91 bits per heavy atom. The molecule has 3 unspecified atom stereocenters. The van der Waals surface area contributed by atoms with E-state index < -0.39 is 33.9 Å². The van der Waals surface area contributed by atoms with Crippen LogP contribution < -0.4 is 0 Å². The molecule has 0 amide bonds. The van der Waals surface area contributed by atoms with Crippen molar-refractivity contribution in [1.82, 2.24) is 0 Å². The van der Waals surface area contributed by atoms with E-state index in [1.54, 1.807) is 0 Å². The van der Waals surface area contributed by atoms with Gasteiger partial charge >= 0.3 is 10.1 Å². The Morgan fingerprint density at radius 3 is 2.00 bits per heavy atom. The molecule has 0 saturated heterocycles. The minimum atomic E-state index is -5.13. The lowest BCUT2D eigenvalue weighted by molar-refractivity contribution is -0.0531. The van der Waals surface area contributed by atoms with Gasteiger partial charge in [0.2, 0.25) is 0 Å². The van der Waals surface area contributed by atoms with Crippen LogP contribution in [0, 0.1) is 0 Å². The number of hydrogen-bond acceptors (Lipinski definition) is 2. The van der Waals surface area contributed by atoms with Crippen LogP contribution in [0.15, 0.2) is 0 Å². The van der Waals surface area contributed by atoms with E-state index in [4.69, 9.17) is 4.55 Å². The van der Waals surface area contributed by atoms with Crippen LogP contribution in [-0.4, -0.2) is 30.3 Å². The van der Waals surface area contributed by atoms with E-state index in [2.05, 4.69) is 0 Å². The van der Waals surface area contributed by atoms with Crippen molar-refractivity contribution in [2.24, 2.45) is 0 Å². The zero-order valence-electron chi connectivity index (χ0n) is 5.17. The van der Waals surface area contributed by atoms with Gasteiger partial charge in [-0.3, -0.25) is 4.55 Å². The fourth-order valence-corrected chi connectivity index (χ4v) is 1.64. The molecule has 11 heavy (non-hydrogen) atoms. The summed E-state index contributed by atoms with van der Waals surface area (Å²) >= 11 is 0. The highest BCUT2D eigenvalue weighted by molar-refractivity contribution is 7.87. The summed E-state index contributed by atoms with van der Waals surface area (Å²) in [4.78, 5) is 0. The summed E-state index contributed by atoms with van der Waals surface area (Å²) < 4.78 is 64.9. The molecule has 0 aromatic heterocycles. The Balaban J connectivity index is 2.90. The Bertz CT molecular complexity index is 264. The normalized spacial score (nSPS) is 45.1. The van der Waals surface area contributed by atoms with E-state index >= 15 is 0 Å². The SMILES string of the molecule is O=S(=O)(O)C1(F)CC(F)C1F. The van der Waals surface area contributed by atoms with E-state index in [1.807, 2.05) is 0 Å². The van der Waals surface area contributed by atoms with Crippen LogP contribution >= 0.6 is 0 Å². The fraction of sp³-hybridized carbons (Fsp3) is 1.00. The van der Waals surface area contributed by atoms with Crippen LogP contribution in [0.5, 0.6) is 0 Å². The summed E-state index contributed by atoms with van der Waals surface area (Å²) in [6, 6.07) is 0. The topological polar surface area (TPSA) is 54.4 Å². The van der Waals surface area contributed by atoms with Crippen molar-refractivity contribution in [3.05, 3.63) is 0 Å². The highest BCUT2D eigenvalue weighted by atomic mass is 32.2. The Kier molecular flexibility index (Phi) is 1.68. The van der Waals surface area contributed by atoms with Crippen molar-refractivity contribution in [1.29, 1.82) is 0 Å². The second kappa shape index (κ2) is 2.10. The highest BCUT2D eigenvalue weighted by Crippen LogP contribution is 2.44. The molecule has 0 radical (unpaired) electrons. The van der Waals surface area contributed by atoms with Crippen LogP contribution in [0.2, 0.25) is 0 Å². The van der Waals surface area contributed by atoms with E-state index in [-0.39, 0.29) is 0 Å². The molecule has 1 fully saturated rings. The lowest BCUT2D eigenvalue weighted by atomic mass is 9.92. The smallest absolute Gasteiger partial charge is 0.283 e. The van der Waals surface area contributed by atoms with Crippen LogP contribution in [0.3, 0.4) is 0 Å². The fourth-order valence-electron chi connectivity index (χ4n) is 0.839. The van der Waals surface area contributed by atoms with Crippen molar-refractivity contribution in [3.63, 3.8) is 0 Å². The van der Waals surface area contributed by atoms with Gasteiger partial charge in [-0.1, -0.05) is 0 Å². The summed E-state index contributed by atoms with van der Waals surface area (Å²) in [5, 5.41) is -3.42. The predicted octanol–water partition coefficient (Wildman–Crippen LogP) is 0.620. The third-order valence-electron chi connectivity index (χ3n) is 1.63. The lowest BCUT2D eigenvalue weighted by Gasteiger charge is -2.37.